The van der Waals surface area contributed by atoms with E-state index in [2.05, 4.69) is 4.98 Å². The molecule has 39 heavy (non-hydrogen) atoms. The maximum Gasteiger partial charge on any atom is 0.235 e. The van der Waals surface area contributed by atoms with Gasteiger partial charge in [0.1, 0.15) is 5.75 Å². The first-order valence-corrected chi connectivity index (χ1v) is 12.5. The molecule has 0 aliphatic heterocycles. The molecule has 0 saturated heterocycles. The number of amides is 1. The number of carbonyl (C=O) groups is 6. The number of rotatable bonds is 5. The Morgan fingerprint density at radius 2 is 1.82 bits per heavy atom. The van der Waals surface area contributed by atoms with Crippen molar-refractivity contribution in [2.45, 2.75) is 30.9 Å². The predicted octanol–water partition coefficient (Wildman–Crippen LogP) is -0.313. The Hall–Kier alpha value is -4.09. The van der Waals surface area contributed by atoms with Crippen molar-refractivity contribution in [2.75, 3.05) is 14.1 Å². The number of carbonyl (C=O) groups excluding carboxylic acids is 6. The molecule has 1 heterocycles. The Morgan fingerprint density at radius 3 is 2.44 bits per heavy atom. The van der Waals surface area contributed by atoms with E-state index in [0.717, 1.165) is 0 Å². The van der Waals surface area contributed by atoms with Crippen LogP contribution in [0.1, 0.15) is 38.4 Å². The van der Waals surface area contributed by atoms with Crippen LogP contribution in [-0.4, -0.2) is 80.7 Å². The second-order valence-electron chi connectivity index (χ2n) is 10.7. The largest absolute Gasteiger partial charge is 0.507 e. The number of aromatic hydroxyl groups is 1. The van der Waals surface area contributed by atoms with Gasteiger partial charge in [-0.1, -0.05) is 6.07 Å². The quantitative estimate of drug-likeness (QED) is 0.340. The molecule has 1 amide bonds. The molecular weight excluding hydrogens is 506 g/mol. The highest BCUT2D eigenvalue weighted by Gasteiger charge is 2.69. The lowest BCUT2D eigenvalue weighted by atomic mass is 9.52. The van der Waals surface area contributed by atoms with Crippen LogP contribution in [0.5, 0.6) is 5.75 Å². The maximum absolute atomic E-state index is 13.8. The maximum atomic E-state index is 13.8. The molecule has 2 saturated carbocycles. The van der Waals surface area contributed by atoms with Crippen LogP contribution in [-0.2, 0) is 32.0 Å². The van der Waals surface area contributed by atoms with Gasteiger partial charge in [0.15, 0.2) is 40.4 Å². The van der Waals surface area contributed by atoms with Gasteiger partial charge >= 0.3 is 0 Å². The number of pyridine rings is 1. The third-order valence-corrected chi connectivity index (χ3v) is 8.31. The molecule has 6 atom stereocenters. The monoisotopic (exact) mass is 533 g/mol. The minimum atomic E-state index is -2.79. The van der Waals surface area contributed by atoms with E-state index in [1.807, 2.05) is 0 Å². The summed E-state index contributed by atoms with van der Waals surface area (Å²) in [7, 11) is 3.03. The van der Waals surface area contributed by atoms with E-state index >= 15 is 0 Å². The van der Waals surface area contributed by atoms with E-state index in [-0.39, 0.29) is 41.7 Å². The average Bonchev–Trinajstić information content (AvgIpc) is 2.86. The van der Waals surface area contributed by atoms with Crippen molar-refractivity contribution in [3.8, 4) is 5.75 Å². The molecule has 2 fully saturated rings. The predicted molar refractivity (Wildman–Crippen MR) is 134 cm³/mol. The summed E-state index contributed by atoms with van der Waals surface area (Å²) in [5, 5.41) is 22.2. The summed E-state index contributed by atoms with van der Waals surface area (Å²) in [6, 6.07) is 6.56. The normalized spacial score (nSPS) is 30.0. The summed E-state index contributed by atoms with van der Waals surface area (Å²) in [5.41, 5.74) is 3.29. The van der Waals surface area contributed by atoms with Gasteiger partial charge in [0, 0.05) is 23.4 Å². The highest BCUT2D eigenvalue weighted by atomic mass is 16.3. The van der Waals surface area contributed by atoms with Crippen molar-refractivity contribution in [3.63, 3.8) is 0 Å². The number of ketones is 5. The van der Waals surface area contributed by atoms with Crippen molar-refractivity contribution < 1.29 is 39.0 Å². The molecule has 11 heteroatoms. The summed E-state index contributed by atoms with van der Waals surface area (Å²) in [6.07, 6.45) is 1.42. The molecule has 2 aromatic rings. The van der Waals surface area contributed by atoms with Gasteiger partial charge in [-0.05, 0) is 62.7 Å². The molecular formula is C28H27N3O8. The molecule has 4 N–H and O–H groups in total. The number of phenolic OH excluding ortho intramolecular Hbond substituents is 1. The average molecular weight is 534 g/mol. The van der Waals surface area contributed by atoms with Crippen molar-refractivity contribution in [3.05, 3.63) is 58.9 Å². The molecule has 0 spiro atoms. The van der Waals surface area contributed by atoms with Gasteiger partial charge in [0.05, 0.1) is 23.9 Å². The number of nitrogens with zero attached hydrogens (tertiary/aromatic N) is 2. The molecule has 3 aliphatic rings. The third-order valence-electron chi connectivity index (χ3n) is 8.31. The lowest BCUT2D eigenvalue weighted by Gasteiger charge is -2.52. The summed E-state index contributed by atoms with van der Waals surface area (Å²) in [5.74, 6) is -11.7. The molecule has 6 unspecified atom stereocenters. The van der Waals surface area contributed by atoms with Crippen LogP contribution < -0.4 is 5.73 Å². The Balaban J connectivity index is 1.59. The van der Waals surface area contributed by atoms with Gasteiger partial charge in [0.25, 0.3) is 0 Å². The summed E-state index contributed by atoms with van der Waals surface area (Å²) in [6.45, 7) is 0. The first-order chi connectivity index (χ1) is 18.4. The van der Waals surface area contributed by atoms with Gasteiger partial charge in [-0.15, -0.1) is 0 Å². The van der Waals surface area contributed by atoms with Gasteiger partial charge < -0.3 is 15.9 Å². The van der Waals surface area contributed by atoms with E-state index in [4.69, 9.17) is 5.73 Å². The minimum absolute atomic E-state index is 0.0174. The fourth-order valence-corrected chi connectivity index (χ4v) is 6.63. The number of benzene rings is 1. The fraction of sp³-hybridized carbons (Fsp3) is 0.393. The Morgan fingerprint density at radius 1 is 1.10 bits per heavy atom. The van der Waals surface area contributed by atoms with Crippen LogP contribution in [0, 0.1) is 23.7 Å². The van der Waals surface area contributed by atoms with E-state index < -0.39 is 70.1 Å². The molecule has 0 radical (unpaired) electrons. The van der Waals surface area contributed by atoms with Crippen molar-refractivity contribution in [1.82, 2.24) is 9.88 Å². The lowest BCUT2D eigenvalue weighted by molar-refractivity contribution is -0.181. The van der Waals surface area contributed by atoms with Crippen LogP contribution in [0.4, 0.5) is 0 Å². The SMILES string of the molecule is CN(C)C1C(=O)C(C(N)=O)C(=O)C2(O)C(=O)C3C(=O)c4c(O)ccc(C(=O)Cc5ccccn5)c4CC3CC12. The Labute approximate surface area is 223 Å². The van der Waals surface area contributed by atoms with Crippen LogP contribution in [0.25, 0.3) is 0 Å². The number of fused-ring (bicyclic) bond motifs is 3. The first-order valence-electron chi connectivity index (χ1n) is 12.5. The number of hydrogen-bond acceptors (Lipinski definition) is 10. The molecule has 3 aliphatic carbocycles. The molecule has 11 nitrogen and oxygen atoms in total. The molecule has 1 aromatic heterocycles. The second kappa shape index (κ2) is 9.28. The number of nitrogens with two attached hydrogens (primary N) is 1. The zero-order chi connectivity index (χ0) is 28.4. The third kappa shape index (κ3) is 3.83. The Bertz CT molecular complexity index is 1450. The molecule has 5 rings (SSSR count). The van der Waals surface area contributed by atoms with Crippen molar-refractivity contribution in [1.29, 1.82) is 0 Å². The summed E-state index contributed by atoms with van der Waals surface area (Å²) >= 11 is 0. The zero-order valence-corrected chi connectivity index (χ0v) is 21.3. The highest BCUT2D eigenvalue weighted by molar-refractivity contribution is 6.32. The zero-order valence-electron chi connectivity index (χ0n) is 21.3. The fourth-order valence-electron chi connectivity index (χ4n) is 6.63. The number of phenols is 1. The van der Waals surface area contributed by atoms with E-state index in [0.29, 0.717) is 5.69 Å². The van der Waals surface area contributed by atoms with Crippen LogP contribution >= 0.6 is 0 Å². The van der Waals surface area contributed by atoms with Gasteiger partial charge in [-0.2, -0.15) is 0 Å². The van der Waals surface area contributed by atoms with Gasteiger partial charge in [-0.25, -0.2) is 0 Å². The van der Waals surface area contributed by atoms with Gasteiger partial charge in [0.2, 0.25) is 5.91 Å². The van der Waals surface area contributed by atoms with Crippen LogP contribution in [0.15, 0.2) is 36.5 Å². The number of likely N-dealkylation sites (N-methyl/N-ethyl adjacent to an activating group) is 1. The first kappa shape index (κ1) is 26.5. The second-order valence-corrected chi connectivity index (χ2v) is 10.7. The Kier molecular flexibility index (Phi) is 6.31. The van der Waals surface area contributed by atoms with Gasteiger partial charge in [-0.3, -0.25) is 38.7 Å². The van der Waals surface area contributed by atoms with E-state index in [9.17, 15) is 39.0 Å². The number of aromatic nitrogens is 1. The number of primary amides is 1. The topological polar surface area (TPSA) is 185 Å². The number of hydrogen-bond donors (Lipinski definition) is 3. The highest BCUT2D eigenvalue weighted by Crippen LogP contribution is 2.51. The molecule has 1 aromatic carbocycles. The van der Waals surface area contributed by atoms with Crippen LogP contribution in [0.3, 0.4) is 0 Å². The standard InChI is InChI=1S/C28H27N3O8/c1-31(2)22-16-10-12-9-15-14(18(33)11-13-5-3-4-8-30-13)6-7-17(32)20(15)23(34)19(12)25(36)28(16,39)26(37)21(24(22)35)27(29)38/h3-8,12,16,19,21-22,32,39H,9-11H2,1-2H3,(H2,29,38). The van der Waals surface area contributed by atoms with Crippen molar-refractivity contribution in [2.24, 2.45) is 29.4 Å². The molecule has 0 bridgehead atoms. The summed E-state index contributed by atoms with van der Waals surface area (Å²) < 4.78 is 0. The van der Waals surface area contributed by atoms with E-state index in [1.54, 1.807) is 24.4 Å². The molecule has 202 valence electrons. The summed E-state index contributed by atoms with van der Waals surface area (Å²) in [4.78, 5) is 84.9. The van der Waals surface area contributed by atoms with Crippen molar-refractivity contribution >= 4 is 34.8 Å². The smallest absolute Gasteiger partial charge is 0.235 e. The van der Waals surface area contributed by atoms with E-state index in [1.165, 1.54) is 31.1 Å². The number of aliphatic hydroxyl groups is 1. The van der Waals surface area contributed by atoms with Crippen LogP contribution in [0.2, 0.25) is 0 Å². The number of Topliss-reactive ketones (excluding diaryl/α,β-unsaturated/α-hetero) is 5. The minimum Gasteiger partial charge on any atom is -0.507 e. The lowest BCUT2D eigenvalue weighted by Crippen LogP contribution is -2.74.